The molecule has 2 aromatic carbocycles. The zero-order chi connectivity index (χ0) is 19.4. The van der Waals surface area contributed by atoms with E-state index in [2.05, 4.69) is 10.3 Å². The molecule has 0 aliphatic rings. The lowest BCUT2D eigenvalue weighted by molar-refractivity contribution is -0.142. The van der Waals surface area contributed by atoms with Gasteiger partial charge in [0.2, 0.25) is 0 Å². The average molecular weight is 384 g/mol. The molecule has 0 saturated heterocycles. The first-order chi connectivity index (χ1) is 12.9. The van der Waals surface area contributed by atoms with Crippen molar-refractivity contribution in [2.45, 2.75) is 13.8 Å². The van der Waals surface area contributed by atoms with Crippen LogP contribution in [0.3, 0.4) is 0 Å². The molecule has 1 heterocycles. The van der Waals surface area contributed by atoms with Crippen molar-refractivity contribution in [2.24, 2.45) is 0 Å². The second kappa shape index (κ2) is 8.09. The van der Waals surface area contributed by atoms with Gasteiger partial charge in [0.15, 0.2) is 11.7 Å². The molecule has 3 aromatic rings. The summed E-state index contributed by atoms with van der Waals surface area (Å²) in [7, 11) is 0. The van der Waals surface area contributed by atoms with E-state index in [0.717, 1.165) is 27.4 Å². The van der Waals surface area contributed by atoms with E-state index in [-0.39, 0.29) is 5.56 Å². The number of ether oxygens (including phenoxy) is 1. The molecule has 0 aliphatic carbocycles. The number of anilines is 1. The summed E-state index contributed by atoms with van der Waals surface area (Å²) in [5.74, 6) is -1.67. The molecular weight excluding hydrogens is 367 g/mol. The Morgan fingerprint density at radius 1 is 1.26 bits per heavy atom. The topological polar surface area (TPSA) is 68.3 Å². The maximum absolute atomic E-state index is 13.5. The molecule has 138 valence electrons. The van der Waals surface area contributed by atoms with Gasteiger partial charge < -0.3 is 4.74 Å². The molecule has 3 rings (SSSR count). The summed E-state index contributed by atoms with van der Waals surface area (Å²) >= 11 is 1.36. The Labute approximate surface area is 159 Å². The molecule has 1 aromatic heterocycles. The van der Waals surface area contributed by atoms with Crippen LogP contribution in [0.15, 0.2) is 42.5 Å². The van der Waals surface area contributed by atoms with Crippen LogP contribution < -0.4 is 5.32 Å². The van der Waals surface area contributed by atoms with Gasteiger partial charge in [0.1, 0.15) is 5.82 Å². The first kappa shape index (κ1) is 18.7. The number of amides is 1. The van der Waals surface area contributed by atoms with Crippen LogP contribution in [0.5, 0.6) is 0 Å². The van der Waals surface area contributed by atoms with Crippen molar-refractivity contribution in [3.8, 4) is 0 Å². The minimum absolute atomic E-state index is 0.263. The summed E-state index contributed by atoms with van der Waals surface area (Å²) in [6, 6.07) is 10.1. The van der Waals surface area contributed by atoms with Crippen LogP contribution in [0.25, 0.3) is 16.3 Å². The Morgan fingerprint density at radius 3 is 2.81 bits per heavy atom. The van der Waals surface area contributed by atoms with Crippen molar-refractivity contribution in [3.05, 3.63) is 65.0 Å². The zero-order valence-electron chi connectivity index (χ0n) is 14.8. The minimum atomic E-state index is -0.732. The van der Waals surface area contributed by atoms with E-state index < -0.39 is 24.3 Å². The normalized spacial score (nSPS) is 11.1. The van der Waals surface area contributed by atoms with Crippen molar-refractivity contribution in [1.29, 1.82) is 0 Å². The molecule has 0 bridgehead atoms. The minimum Gasteiger partial charge on any atom is -0.452 e. The lowest BCUT2D eigenvalue weighted by Crippen LogP contribution is -2.20. The number of rotatable bonds is 5. The van der Waals surface area contributed by atoms with Crippen LogP contribution in [0.4, 0.5) is 9.52 Å². The molecule has 1 amide bonds. The van der Waals surface area contributed by atoms with E-state index in [4.69, 9.17) is 4.74 Å². The number of aromatic nitrogens is 1. The molecule has 0 saturated carbocycles. The van der Waals surface area contributed by atoms with Gasteiger partial charge in [-0.1, -0.05) is 35.6 Å². The molecule has 0 radical (unpaired) electrons. The van der Waals surface area contributed by atoms with Crippen molar-refractivity contribution in [2.75, 3.05) is 11.9 Å². The predicted octanol–water partition coefficient (Wildman–Crippen LogP) is 4.25. The Morgan fingerprint density at radius 2 is 2.04 bits per heavy atom. The van der Waals surface area contributed by atoms with E-state index in [9.17, 15) is 14.0 Å². The fourth-order valence-corrected chi connectivity index (χ4v) is 3.59. The third kappa shape index (κ3) is 4.77. The number of thiazole rings is 1. The third-order valence-electron chi connectivity index (χ3n) is 3.73. The number of fused-ring (bicyclic) bond motifs is 1. The number of nitrogens with one attached hydrogen (secondary N) is 1. The smallest absolute Gasteiger partial charge is 0.331 e. The first-order valence-electron chi connectivity index (χ1n) is 8.19. The van der Waals surface area contributed by atoms with E-state index in [1.54, 1.807) is 12.1 Å². The Balaban J connectivity index is 1.56. The number of esters is 1. The molecule has 5 nitrogen and oxygen atoms in total. The predicted molar refractivity (Wildman–Crippen MR) is 104 cm³/mol. The van der Waals surface area contributed by atoms with E-state index >= 15 is 0 Å². The molecule has 7 heteroatoms. The highest BCUT2D eigenvalue weighted by atomic mass is 32.1. The highest BCUT2D eigenvalue weighted by Gasteiger charge is 2.11. The van der Waals surface area contributed by atoms with Crippen LogP contribution >= 0.6 is 11.3 Å². The summed E-state index contributed by atoms with van der Waals surface area (Å²) < 4.78 is 19.3. The lowest BCUT2D eigenvalue weighted by Gasteiger charge is -2.02. The van der Waals surface area contributed by atoms with Crippen LogP contribution in [0.2, 0.25) is 0 Å². The SMILES string of the molecule is Cc1cc(C)c2nc(NC(=O)COC(=O)/C=C/c3ccccc3F)sc2c1. The van der Waals surface area contributed by atoms with Gasteiger partial charge in [-0.05, 0) is 43.2 Å². The quantitative estimate of drug-likeness (QED) is 0.528. The van der Waals surface area contributed by atoms with Gasteiger partial charge in [-0.15, -0.1) is 0 Å². The first-order valence-corrected chi connectivity index (χ1v) is 9.01. The fourth-order valence-electron chi connectivity index (χ4n) is 2.53. The summed E-state index contributed by atoms with van der Waals surface area (Å²) in [4.78, 5) is 28.0. The summed E-state index contributed by atoms with van der Waals surface area (Å²) in [6.45, 7) is 3.51. The van der Waals surface area contributed by atoms with Gasteiger partial charge >= 0.3 is 5.97 Å². The average Bonchev–Trinajstić information content (AvgIpc) is 3.02. The molecule has 0 unspecified atom stereocenters. The Bertz CT molecular complexity index is 1040. The molecule has 27 heavy (non-hydrogen) atoms. The highest BCUT2D eigenvalue weighted by Crippen LogP contribution is 2.29. The number of nitrogens with zero attached hydrogens (tertiary/aromatic N) is 1. The van der Waals surface area contributed by atoms with E-state index in [0.29, 0.717) is 5.13 Å². The van der Waals surface area contributed by atoms with E-state index in [1.807, 2.05) is 26.0 Å². The van der Waals surface area contributed by atoms with Crippen LogP contribution in [0.1, 0.15) is 16.7 Å². The van der Waals surface area contributed by atoms with Gasteiger partial charge in [-0.2, -0.15) is 0 Å². The number of hydrogen-bond donors (Lipinski definition) is 1. The second-order valence-electron chi connectivity index (χ2n) is 5.96. The largest absolute Gasteiger partial charge is 0.452 e. The third-order valence-corrected chi connectivity index (χ3v) is 4.64. The van der Waals surface area contributed by atoms with Crippen LogP contribution in [0, 0.1) is 19.7 Å². The molecular formula is C20H17FN2O3S. The standard InChI is InChI=1S/C20H17FN2O3S/c1-12-9-13(2)19-16(10-12)27-20(23-19)22-17(24)11-26-18(25)8-7-14-5-3-4-6-15(14)21/h3-10H,11H2,1-2H3,(H,22,23,24)/b8-7+. The van der Waals surface area contributed by atoms with Gasteiger partial charge in [0.05, 0.1) is 10.2 Å². The number of carbonyl (C=O) groups is 2. The fraction of sp³-hybridized carbons (Fsp3) is 0.150. The van der Waals surface area contributed by atoms with E-state index in [1.165, 1.54) is 29.5 Å². The van der Waals surface area contributed by atoms with Crippen molar-refractivity contribution >= 4 is 44.6 Å². The number of benzene rings is 2. The Kier molecular flexibility index (Phi) is 5.61. The molecule has 0 fully saturated rings. The summed E-state index contributed by atoms with van der Waals surface area (Å²) in [5, 5.41) is 3.07. The van der Waals surface area contributed by atoms with Crippen molar-refractivity contribution in [1.82, 2.24) is 4.98 Å². The summed E-state index contributed by atoms with van der Waals surface area (Å²) in [6.07, 6.45) is 2.38. The van der Waals surface area contributed by atoms with Crippen molar-refractivity contribution < 1.29 is 18.7 Å². The number of halogens is 1. The van der Waals surface area contributed by atoms with Gasteiger partial charge in [0, 0.05) is 11.6 Å². The van der Waals surface area contributed by atoms with Crippen molar-refractivity contribution in [3.63, 3.8) is 0 Å². The number of aryl methyl sites for hydroxylation is 2. The number of hydrogen-bond acceptors (Lipinski definition) is 5. The highest BCUT2D eigenvalue weighted by molar-refractivity contribution is 7.22. The monoisotopic (exact) mass is 384 g/mol. The second-order valence-corrected chi connectivity index (χ2v) is 6.99. The molecule has 1 N–H and O–H groups in total. The number of carbonyl (C=O) groups excluding carboxylic acids is 2. The maximum atomic E-state index is 13.5. The van der Waals surface area contributed by atoms with Crippen LogP contribution in [-0.2, 0) is 14.3 Å². The van der Waals surface area contributed by atoms with Crippen LogP contribution in [-0.4, -0.2) is 23.5 Å². The molecule has 0 spiro atoms. The van der Waals surface area contributed by atoms with Gasteiger partial charge in [-0.3, -0.25) is 10.1 Å². The molecule has 0 atom stereocenters. The van der Waals surface area contributed by atoms with Gasteiger partial charge in [0.25, 0.3) is 5.91 Å². The maximum Gasteiger partial charge on any atom is 0.331 e. The Hall–Kier alpha value is -3.06. The van der Waals surface area contributed by atoms with Gasteiger partial charge in [-0.25, -0.2) is 14.2 Å². The zero-order valence-corrected chi connectivity index (χ0v) is 15.6. The molecule has 0 aliphatic heterocycles. The summed E-state index contributed by atoms with van der Waals surface area (Å²) in [5.41, 5.74) is 3.26. The lowest BCUT2D eigenvalue weighted by atomic mass is 10.1.